The van der Waals surface area contributed by atoms with Crippen LogP contribution in [0.1, 0.15) is 41.8 Å². The number of rotatable bonds is 5. The minimum absolute atomic E-state index is 0.286. The fourth-order valence-corrected chi connectivity index (χ4v) is 3.64. The lowest BCUT2D eigenvalue weighted by molar-refractivity contribution is 0.235. The molecular weight excluding hydrogens is 338 g/mol. The van der Waals surface area contributed by atoms with Gasteiger partial charge in [-0.2, -0.15) is 0 Å². The highest BCUT2D eigenvalue weighted by Gasteiger charge is 2.28. The molecule has 1 aliphatic heterocycles. The lowest BCUT2D eigenvalue weighted by atomic mass is 10.1. The molecule has 0 radical (unpaired) electrons. The van der Waals surface area contributed by atoms with E-state index in [0.29, 0.717) is 0 Å². The summed E-state index contributed by atoms with van der Waals surface area (Å²) in [6.07, 6.45) is 7.90. The number of anilines is 2. The Kier molecular flexibility index (Phi) is 4.85. The van der Waals surface area contributed by atoms with Crippen LogP contribution in [0, 0.1) is 13.8 Å². The van der Waals surface area contributed by atoms with Gasteiger partial charge in [-0.25, -0.2) is 19.9 Å². The van der Waals surface area contributed by atoms with Crippen LogP contribution in [0.15, 0.2) is 36.8 Å². The Morgan fingerprint density at radius 2 is 2.07 bits per heavy atom. The third-order valence-corrected chi connectivity index (χ3v) is 5.08. The molecule has 1 aliphatic rings. The summed E-state index contributed by atoms with van der Waals surface area (Å²) in [5.41, 5.74) is 2.15. The molecular formula is C20H25N7. The molecule has 0 amide bonds. The van der Waals surface area contributed by atoms with E-state index in [-0.39, 0.29) is 6.04 Å². The molecule has 1 atom stereocenters. The Bertz CT molecular complexity index is 934. The number of nitrogens with one attached hydrogen (secondary N) is 1. The van der Waals surface area contributed by atoms with Crippen LogP contribution in [0.25, 0.3) is 0 Å². The van der Waals surface area contributed by atoms with E-state index in [1.807, 2.05) is 45.4 Å². The van der Waals surface area contributed by atoms with Crippen LogP contribution in [0.4, 0.5) is 11.6 Å². The van der Waals surface area contributed by atoms with Crippen LogP contribution in [-0.2, 0) is 13.6 Å². The molecule has 0 bridgehead atoms. The van der Waals surface area contributed by atoms with Gasteiger partial charge in [0, 0.05) is 31.7 Å². The number of likely N-dealkylation sites (tertiary alicyclic amines) is 1. The van der Waals surface area contributed by atoms with E-state index in [4.69, 9.17) is 4.98 Å². The van der Waals surface area contributed by atoms with Gasteiger partial charge in [0.1, 0.15) is 23.3 Å². The molecule has 0 aliphatic carbocycles. The number of nitrogens with zero attached hydrogens (tertiary/aromatic N) is 6. The van der Waals surface area contributed by atoms with Crippen molar-refractivity contribution in [1.29, 1.82) is 0 Å². The first kappa shape index (κ1) is 17.6. The maximum Gasteiger partial charge on any atom is 0.135 e. The molecule has 1 saturated heterocycles. The van der Waals surface area contributed by atoms with E-state index in [9.17, 15) is 0 Å². The summed E-state index contributed by atoms with van der Waals surface area (Å²) in [6.45, 7) is 5.87. The van der Waals surface area contributed by atoms with Gasteiger partial charge in [0.2, 0.25) is 0 Å². The molecule has 27 heavy (non-hydrogen) atoms. The molecule has 4 rings (SSSR count). The van der Waals surface area contributed by atoms with Gasteiger partial charge in [0.05, 0.1) is 18.3 Å². The van der Waals surface area contributed by atoms with E-state index in [1.165, 1.54) is 6.42 Å². The van der Waals surface area contributed by atoms with E-state index in [0.717, 1.165) is 54.1 Å². The number of hydrogen-bond donors (Lipinski definition) is 1. The molecule has 1 N–H and O–H groups in total. The van der Waals surface area contributed by atoms with Gasteiger partial charge >= 0.3 is 0 Å². The number of imidazole rings is 1. The second-order valence-corrected chi connectivity index (χ2v) is 7.10. The molecule has 0 spiro atoms. The quantitative estimate of drug-likeness (QED) is 0.750. The molecule has 3 aromatic rings. The predicted octanol–water partition coefficient (Wildman–Crippen LogP) is 3.30. The van der Waals surface area contributed by atoms with Gasteiger partial charge < -0.3 is 9.88 Å². The molecule has 0 aromatic carbocycles. The average molecular weight is 363 g/mol. The Labute approximate surface area is 159 Å². The summed E-state index contributed by atoms with van der Waals surface area (Å²) >= 11 is 0. The summed E-state index contributed by atoms with van der Waals surface area (Å²) in [6, 6.07) is 6.32. The zero-order valence-electron chi connectivity index (χ0n) is 16.1. The molecule has 7 heteroatoms. The van der Waals surface area contributed by atoms with Crippen molar-refractivity contribution < 1.29 is 0 Å². The highest BCUT2D eigenvalue weighted by molar-refractivity contribution is 5.55. The Morgan fingerprint density at radius 1 is 1.19 bits per heavy atom. The third-order valence-electron chi connectivity index (χ3n) is 5.08. The Balaban J connectivity index is 1.58. The van der Waals surface area contributed by atoms with Crippen LogP contribution in [-0.4, -0.2) is 35.9 Å². The summed E-state index contributed by atoms with van der Waals surface area (Å²) in [7, 11) is 2.04. The van der Waals surface area contributed by atoms with Crippen LogP contribution in [0.3, 0.4) is 0 Å². The lowest BCUT2D eigenvalue weighted by Crippen LogP contribution is -2.25. The Morgan fingerprint density at radius 3 is 2.85 bits per heavy atom. The fourth-order valence-electron chi connectivity index (χ4n) is 3.64. The van der Waals surface area contributed by atoms with Crippen molar-refractivity contribution >= 4 is 11.6 Å². The van der Waals surface area contributed by atoms with Crippen molar-refractivity contribution in [3.63, 3.8) is 0 Å². The first-order valence-electron chi connectivity index (χ1n) is 9.34. The minimum Gasteiger partial charge on any atom is -0.337 e. The number of pyridine rings is 1. The van der Waals surface area contributed by atoms with Gasteiger partial charge in [0.25, 0.3) is 0 Å². The van der Waals surface area contributed by atoms with Gasteiger partial charge in [0.15, 0.2) is 0 Å². The normalized spacial score (nSPS) is 17.4. The minimum atomic E-state index is 0.286. The van der Waals surface area contributed by atoms with Crippen LogP contribution in [0.5, 0.6) is 0 Å². The topological polar surface area (TPSA) is 71.8 Å². The second-order valence-electron chi connectivity index (χ2n) is 7.10. The maximum atomic E-state index is 4.74. The monoisotopic (exact) mass is 363 g/mol. The zero-order chi connectivity index (χ0) is 18.8. The van der Waals surface area contributed by atoms with Crippen LogP contribution in [0.2, 0.25) is 0 Å². The molecule has 7 nitrogen and oxygen atoms in total. The first-order chi connectivity index (χ1) is 13.1. The van der Waals surface area contributed by atoms with Crippen LogP contribution < -0.4 is 5.32 Å². The van der Waals surface area contributed by atoms with E-state index in [1.54, 1.807) is 6.20 Å². The van der Waals surface area contributed by atoms with Crippen molar-refractivity contribution in [2.45, 2.75) is 39.3 Å². The van der Waals surface area contributed by atoms with Gasteiger partial charge in [-0.3, -0.25) is 4.90 Å². The van der Waals surface area contributed by atoms with Crippen molar-refractivity contribution in [3.8, 4) is 0 Å². The second kappa shape index (κ2) is 7.44. The highest BCUT2D eigenvalue weighted by atomic mass is 15.2. The summed E-state index contributed by atoms with van der Waals surface area (Å²) in [4.78, 5) is 20.6. The summed E-state index contributed by atoms with van der Waals surface area (Å²) < 4.78 is 2.08. The standard InChI is InChI=1S/C20H25N7/c1-14-6-4-8-22-20(14)25-18-12-16(23-15(2)24-18)17-7-5-10-27(17)13-19-21-9-11-26(19)3/h4,6,8-9,11-12,17H,5,7,10,13H2,1-3H3,(H,22,23,24,25)/t17-/m0/s1. The number of aryl methyl sites for hydroxylation is 3. The highest BCUT2D eigenvalue weighted by Crippen LogP contribution is 2.33. The SMILES string of the molecule is Cc1nc(Nc2ncccc2C)cc([C@@H]2CCCN2Cc2nccn2C)n1. The molecule has 4 heterocycles. The number of aromatic nitrogens is 5. The molecule has 140 valence electrons. The van der Waals surface area contributed by atoms with E-state index in [2.05, 4.69) is 35.8 Å². The largest absolute Gasteiger partial charge is 0.337 e. The van der Waals surface area contributed by atoms with Gasteiger partial charge in [-0.15, -0.1) is 0 Å². The average Bonchev–Trinajstić information content (AvgIpc) is 3.26. The molecule has 0 saturated carbocycles. The van der Waals surface area contributed by atoms with E-state index >= 15 is 0 Å². The Hall–Kier alpha value is -2.80. The summed E-state index contributed by atoms with van der Waals surface area (Å²) in [5.74, 6) is 3.48. The summed E-state index contributed by atoms with van der Waals surface area (Å²) in [5, 5.41) is 3.35. The molecule has 3 aromatic heterocycles. The third kappa shape index (κ3) is 3.83. The predicted molar refractivity (Wildman–Crippen MR) is 105 cm³/mol. The smallest absolute Gasteiger partial charge is 0.135 e. The zero-order valence-corrected chi connectivity index (χ0v) is 16.1. The molecule has 0 unspecified atom stereocenters. The maximum absolute atomic E-state index is 4.74. The fraction of sp³-hybridized carbons (Fsp3) is 0.400. The van der Waals surface area contributed by atoms with Crippen LogP contribution >= 0.6 is 0 Å². The lowest BCUT2D eigenvalue weighted by Gasteiger charge is -2.24. The van der Waals surface area contributed by atoms with Crippen molar-refractivity contribution in [2.75, 3.05) is 11.9 Å². The van der Waals surface area contributed by atoms with Gasteiger partial charge in [-0.05, 0) is 44.9 Å². The molecule has 1 fully saturated rings. The van der Waals surface area contributed by atoms with Crippen molar-refractivity contribution in [2.24, 2.45) is 7.05 Å². The van der Waals surface area contributed by atoms with Gasteiger partial charge in [-0.1, -0.05) is 6.07 Å². The number of hydrogen-bond acceptors (Lipinski definition) is 6. The van der Waals surface area contributed by atoms with E-state index < -0.39 is 0 Å². The van der Waals surface area contributed by atoms with Crippen molar-refractivity contribution in [3.05, 3.63) is 59.7 Å². The van der Waals surface area contributed by atoms with Crippen molar-refractivity contribution in [1.82, 2.24) is 29.4 Å². The first-order valence-corrected chi connectivity index (χ1v) is 9.34.